The van der Waals surface area contributed by atoms with Gasteiger partial charge in [0.25, 0.3) is 0 Å². The number of methoxy groups -OCH3 is 2. The zero-order valence-corrected chi connectivity index (χ0v) is 14.8. The summed E-state index contributed by atoms with van der Waals surface area (Å²) in [4.78, 5) is 16.3. The predicted octanol–water partition coefficient (Wildman–Crippen LogP) is 4.02. The largest absolute Gasteiger partial charge is 0.497 e. The van der Waals surface area contributed by atoms with Crippen molar-refractivity contribution in [2.75, 3.05) is 14.2 Å². The van der Waals surface area contributed by atoms with E-state index in [4.69, 9.17) is 18.6 Å². The molecule has 2 aromatic carbocycles. The van der Waals surface area contributed by atoms with E-state index >= 15 is 0 Å². The summed E-state index contributed by atoms with van der Waals surface area (Å²) in [6.07, 6.45) is 1.53. The third-order valence-electron chi connectivity index (χ3n) is 3.80. The summed E-state index contributed by atoms with van der Waals surface area (Å²) in [5, 5.41) is 0. The van der Waals surface area contributed by atoms with Gasteiger partial charge in [-0.15, -0.1) is 0 Å². The fraction of sp³-hybridized carbons (Fsp3) is 0.200. The van der Waals surface area contributed by atoms with Crippen LogP contribution < -0.4 is 9.47 Å². The summed E-state index contributed by atoms with van der Waals surface area (Å²) in [5.74, 6) is 1.25. The summed E-state index contributed by atoms with van der Waals surface area (Å²) in [5.41, 5.74) is 2.78. The zero-order chi connectivity index (χ0) is 18.5. The van der Waals surface area contributed by atoms with Gasteiger partial charge in [-0.2, -0.15) is 0 Å². The molecule has 0 spiro atoms. The van der Waals surface area contributed by atoms with E-state index in [1.165, 1.54) is 13.4 Å². The summed E-state index contributed by atoms with van der Waals surface area (Å²) >= 11 is 0. The van der Waals surface area contributed by atoms with Crippen LogP contribution >= 0.6 is 0 Å². The Bertz CT molecular complexity index is 899. The van der Waals surface area contributed by atoms with Gasteiger partial charge < -0.3 is 18.6 Å². The second-order valence-corrected chi connectivity index (χ2v) is 5.65. The quantitative estimate of drug-likeness (QED) is 0.623. The van der Waals surface area contributed by atoms with Crippen LogP contribution in [0, 0.1) is 6.92 Å². The zero-order valence-electron chi connectivity index (χ0n) is 14.8. The van der Waals surface area contributed by atoms with Gasteiger partial charge in [0, 0.05) is 5.56 Å². The van der Waals surface area contributed by atoms with E-state index < -0.39 is 5.97 Å². The van der Waals surface area contributed by atoms with Crippen molar-refractivity contribution in [1.82, 2.24) is 4.98 Å². The van der Waals surface area contributed by atoms with Crippen LogP contribution in [0.3, 0.4) is 0 Å². The summed E-state index contributed by atoms with van der Waals surface area (Å²) in [6.45, 7) is 2.07. The maximum Gasteiger partial charge on any atom is 0.341 e. The van der Waals surface area contributed by atoms with Crippen LogP contribution in [0.2, 0.25) is 0 Å². The second-order valence-electron chi connectivity index (χ2n) is 5.65. The van der Waals surface area contributed by atoms with Crippen LogP contribution in [0.1, 0.15) is 21.6 Å². The number of aromatic nitrogens is 1. The molecule has 0 aliphatic rings. The van der Waals surface area contributed by atoms with Crippen LogP contribution in [0.25, 0.3) is 11.5 Å². The minimum absolute atomic E-state index is 0.173. The van der Waals surface area contributed by atoms with Crippen LogP contribution in [0.5, 0.6) is 11.5 Å². The van der Waals surface area contributed by atoms with Gasteiger partial charge >= 0.3 is 5.97 Å². The van der Waals surface area contributed by atoms with Crippen molar-refractivity contribution in [3.05, 3.63) is 65.5 Å². The molecule has 0 N–H and O–H groups in total. The molecule has 0 saturated heterocycles. The van der Waals surface area contributed by atoms with Crippen molar-refractivity contribution >= 4 is 5.97 Å². The third-order valence-corrected chi connectivity index (χ3v) is 3.80. The lowest BCUT2D eigenvalue weighted by molar-refractivity contribution is 0.0595. The minimum Gasteiger partial charge on any atom is -0.497 e. The van der Waals surface area contributed by atoms with E-state index in [0.717, 1.165) is 16.9 Å². The Kier molecular flexibility index (Phi) is 5.22. The van der Waals surface area contributed by atoms with Gasteiger partial charge in [-0.25, -0.2) is 9.78 Å². The van der Waals surface area contributed by atoms with Gasteiger partial charge in [-0.1, -0.05) is 11.6 Å². The SMILES string of the molecule is COC(=O)c1cc(C)ccc1OCc1coc(-c2ccc(OC)cc2)n1. The number of aryl methyl sites for hydroxylation is 1. The molecule has 6 heteroatoms. The number of ether oxygens (including phenoxy) is 3. The first-order valence-corrected chi connectivity index (χ1v) is 8.01. The standard InChI is InChI=1S/C20H19NO5/c1-13-4-9-18(17(10-13)20(22)24-3)25-11-15-12-26-19(21-15)14-5-7-16(23-2)8-6-14/h4-10,12H,11H2,1-3H3. The molecule has 0 radical (unpaired) electrons. The maximum absolute atomic E-state index is 11.9. The predicted molar refractivity (Wildman–Crippen MR) is 95.3 cm³/mol. The monoisotopic (exact) mass is 353 g/mol. The Morgan fingerprint density at radius 1 is 1.12 bits per heavy atom. The highest BCUT2D eigenvalue weighted by molar-refractivity contribution is 5.92. The van der Waals surface area contributed by atoms with Crippen LogP contribution in [-0.2, 0) is 11.3 Å². The first-order chi connectivity index (χ1) is 12.6. The van der Waals surface area contributed by atoms with Crippen LogP contribution in [0.4, 0.5) is 0 Å². The van der Waals surface area contributed by atoms with Crippen molar-refractivity contribution in [2.24, 2.45) is 0 Å². The van der Waals surface area contributed by atoms with Crippen molar-refractivity contribution in [3.8, 4) is 23.0 Å². The van der Waals surface area contributed by atoms with Crippen LogP contribution in [0.15, 0.2) is 53.1 Å². The Morgan fingerprint density at radius 3 is 2.58 bits per heavy atom. The number of rotatable bonds is 6. The number of carbonyl (C=O) groups is 1. The van der Waals surface area contributed by atoms with Crippen LogP contribution in [-0.4, -0.2) is 25.2 Å². The number of carbonyl (C=O) groups excluding carboxylic acids is 1. The normalized spacial score (nSPS) is 10.4. The van der Waals surface area contributed by atoms with Crippen molar-refractivity contribution < 1.29 is 23.4 Å². The highest BCUT2D eigenvalue weighted by atomic mass is 16.5. The Labute approximate surface area is 151 Å². The molecule has 1 heterocycles. The second kappa shape index (κ2) is 7.74. The maximum atomic E-state index is 11.9. The molecule has 134 valence electrons. The molecule has 1 aromatic heterocycles. The average molecular weight is 353 g/mol. The number of nitrogens with zero attached hydrogens (tertiary/aromatic N) is 1. The first kappa shape index (κ1) is 17.5. The number of benzene rings is 2. The van der Waals surface area contributed by atoms with Gasteiger partial charge in [0.2, 0.25) is 5.89 Å². The average Bonchev–Trinajstić information content (AvgIpc) is 3.15. The highest BCUT2D eigenvalue weighted by Gasteiger charge is 2.14. The minimum atomic E-state index is -0.442. The summed E-state index contributed by atoms with van der Waals surface area (Å²) in [6, 6.07) is 12.7. The summed E-state index contributed by atoms with van der Waals surface area (Å²) < 4.78 is 21.2. The Morgan fingerprint density at radius 2 is 1.88 bits per heavy atom. The molecular formula is C20H19NO5. The van der Waals surface area contributed by atoms with E-state index in [9.17, 15) is 4.79 Å². The molecule has 0 amide bonds. The van der Waals surface area contributed by atoms with Gasteiger partial charge in [0.05, 0.1) is 14.2 Å². The topological polar surface area (TPSA) is 70.8 Å². The molecular weight excluding hydrogens is 334 g/mol. The number of oxazole rings is 1. The van der Waals surface area contributed by atoms with Crippen molar-refractivity contribution in [2.45, 2.75) is 13.5 Å². The van der Waals surface area contributed by atoms with Gasteiger partial charge in [0.15, 0.2) is 0 Å². The molecule has 6 nitrogen and oxygen atoms in total. The Balaban J connectivity index is 1.73. The van der Waals surface area contributed by atoms with Crippen molar-refractivity contribution in [1.29, 1.82) is 0 Å². The molecule has 0 atom stereocenters. The lowest BCUT2D eigenvalue weighted by atomic mass is 10.1. The lowest BCUT2D eigenvalue weighted by Gasteiger charge is -2.09. The van der Waals surface area contributed by atoms with Crippen molar-refractivity contribution in [3.63, 3.8) is 0 Å². The smallest absolute Gasteiger partial charge is 0.341 e. The molecule has 0 saturated carbocycles. The molecule has 0 aliphatic heterocycles. The van der Waals surface area contributed by atoms with E-state index in [-0.39, 0.29) is 6.61 Å². The molecule has 26 heavy (non-hydrogen) atoms. The summed E-state index contributed by atoms with van der Waals surface area (Å²) in [7, 11) is 2.95. The molecule has 3 aromatic rings. The molecule has 0 fully saturated rings. The Hall–Kier alpha value is -3.28. The third kappa shape index (κ3) is 3.85. The highest BCUT2D eigenvalue weighted by Crippen LogP contribution is 2.24. The molecule has 0 aliphatic carbocycles. The van der Waals surface area contributed by atoms with E-state index in [1.54, 1.807) is 19.2 Å². The first-order valence-electron chi connectivity index (χ1n) is 8.01. The van der Waals surface area contributed by atoms with E-state index in [0.29, 0.717) is 22.9 Å². The van der Waals surface area contributed by atoms with Gasteiger partial charge in [-0.05, 0) is 43.3 Å². The number of hydrogen-bond donors (Lipinski definition) is 0. The van der Waals surface area contributed by atoms with Gasteiger partial charge in [0.1, 0.15) is 35.6 Å². The van der Waals surface area contributed by atoms with E-state index in [1.807, 2.05) is 37.3 Å². The molecule has 0 bridgehead atoms. The fourth-order valence-electron chi connectivity index (χ4n) is 2.43. The number of esters is 1. The number of hydrogen-bond acceptors (Lipinski definition) is 6. The molecule has 0 unspecified atom stereocenters. The fourth-order valence-corrected chi connectivity index (χ4v) is 2.43. The van der Waals surface area contributed by atoms with E-state index in [2.05, 4.69) is 4.98 Å². The van der Waals surface area contributed by atoms with Gasteiger partial charge in [-0.3, -0.25) is 0 Å². The molecule has 3 rings (SSSR count). The lowest BCUT2D eigenvalue weighted by Crippen LogP contribution is -2.06.